The van der Waals surface area contributed by atoms with Crippen molar-refractivity contribution in [2.24, 2.45) is 0 Å². The lowest BCUT2D eigenvalue weighted by Gasteiger charge is -2.10. The molecule has 1 N–H and O–H groups in total. The number of nitrogens with zero attached hydrogens (tertiary/aromatic N) is 1. The van der Waals surface area contributed by atoms with Gasteiger partial charge in [0.05, 0.1) is 5.01 Å². The van der Waals surface area contributed by atoms with Gasteiger partial charge in [-0.1, -0.05) is 0 Å². The van der Waals surface area contributed by atoms with Crippen LogP contribution in [-0.2, 0) is 6.18 Å². The summed E-state index contributed by atoms with van der Waals surface area (Å²) < 4.78 is 78.2. The summed E-state index contributed by atoms with van der Waals surface area (Å²) in [5, 5.41) is 2.23. The number of carbonyl (C=O) groups is 1. The molecule has 0 aliphatic rings. The highest BCUT2D eigenvalue weighted by atomic mass is 32.1. The molecule has 0 aliphatic heterocycles. The third kappa shape index (κ3) is 4.60. The summed E-state index contributed by atoms with van der Waals surface area (Å²) in [4.78, 5) is 14.6. The summed E-state index contributed by atoms with van der Waals surface area (Å²) >= 11 is 0.563. The standard InChI is InChI=1S/C13H8F6N2O2S/c1-6-20-10(12(14,15)16)9(24-6)11(22)21-7-2-4-8(5-3-7)23-13(17,18)19/h2-5H,1H3,(H,21,22). The van der Waals surface area contributed by atoms with E-state index in [1.165, 1.54) is 6.92 Å². The minimum atomic E-state index is -4.87. The zero-order valence-corrected chi connectivity index (χ0v) is 12.6. The van der Waals surface area contributed by atoms with Gasteiger partial charge in [-0.05, 0) is 31.2 Å². The van der Waals surface area contributed by atoms with Crippen LogP contribution in [0.1, 0.15) is 20.4 Å². The van der Waals surface area contributed by atoms with E-state index in [9.17, 15) is 31.1 Å². The third-order valence-corrected chi connectivity index (χ3v) is 3.52. The fourth-order valence-electron chi connectivity index (χ4n) is 1.70. The number of amides is 1. The van der Waals surface area contributed by atoms with Gasteiger partial charge in [0.25, 0.3) is 5.91 Å². The molecular formula is C13H8F6N2O2S. The van der Waals surface area contributed by atoms with Gasteiger partial charge in [-0.15, -0.1) is 24.5 Å². The quantitative estimate of drug-likeness (QED) is 0.802. The Morgan fingerprint density at radius 2 is 1.71 bits per heavy atom. The molecular weight excluding hydrogens is 362 g/mol. The van der Waals surface area contributed by atoms with Crippen LogP contribution in [0.4, 0.5) is 32.0 Å². The number of hydrogen-bond donors (Lipinski definition) is 1. The summed E-state index contributed by atoms with van der Waals surface area (Å²) in [5.41, 5.74) is -1.30. The monoisotopic (exact) mass is 370 g/mol. The average Bonchev–Trinajstić information content (AvgIpc) is 2.81. The Hall–Kier alpha value is -2.30. The van der Waals surface area contributed by atoms with Gasteiger partial charge in [0, 0.05) is 5.69 Å². The van der Waals surface area contributed by atoms with Crippen molar-refractivity contribution < 1.29 is 35.9 Å². The first-order valence-electron chi connectivity index (χ1n) is 6.17. The molecule has 1 aromatic heterocycles. The molecule has 0 saturated heterocycles. The molecule has 4 nitrogen and oxygen atoms in total. The van der Waals surface area contributed by atoms with Gasteiger partial charge >= 0.3 is 12.5 Å². The molecule has 2 rings (SSSR count). The summed E-state index contributed by atoms with van der Waals surface area (Å²) in [6.45, 7) is 1.32. The predicted octanol–water partition coefficient (Wildman–Crippen LogP) is 4.62. The average molecular weight is 370 g/mol. The molecule has 0 saturated carbocycles. The van der Waals surface area contributed by atoms with E-state index in [0.29, 0.717) is 11.3 Å². The highest BCUT2D eigenvalue weighted by Gasteiger charge is 2.39. The first-order chi connectivity index (χ1) is 11.0. The SMILES string of the molecule is Cc1nc(C(F)(F)F)c(C(=O)Nc2ccc(OC(F)(F)F)cc2)s1. The number of hydrogen-bond acceptors (Lipinski definition) is 4. The zero-order valence-electron chi connectivity index (χ0n) is 11.7. The van der Waals surface area contributed by atoms with Gasteiger partial charge in [0.15, 0.2) is 5.69 Å². The van der Waals surface area contributed by atoms with E-state index in [4.69, 9.17) is 0 Å². The number of anilines is 1. The van der Waals surface area contributed by atoms with Crippen LogP contribution in [-0.4, -0.2) is 17.3 Å². The topological polar surface area (TPSA) is 51.2 Å². The van der Waals surface area contributed by atoms with Gasteiger partial charge in [-0.3, -0.25) is 4.79 Å². The number of thiazole rings is 1. The maximum absolute atomic E-state index is 12.8. The number of nitrogens with one attached hydrogen (secondary N) is 1. The Kier molecular flexibility index (Phi) is 4.74. The van der Waals surface area contributed by atoms with Crippen molar-refractivity contribution in [2.75, 3.05) is 5.32 Å². The van der Waals surface area contributed by atoms with E-state index < -0.39 is 34.8 Å². The molecule has 0 aliphatic carbocycles. The Morgan fingerprint density at radius 1 is 1.12 bits per heavy atom. The largest absolute Gasteiger partial charge is 0.573 e. The minimum Gasteiger partial charge on any atom is -0.406 e. The molecule has 1 aromatic carbocycles. The molecule has 0 atom stereocenters. The molecule has 0 unspecified atom stereocenters. The van der Waals surface area contributed by atoms with E-state index in [-0.39, 0.29) is 10.7 Å². The Bertz CT molecular complexity index is 736. The highest BCUT2D eigenvalue weighted by molar-refractivity contribution is 7.13. The molecule has 1 heterocycles. The van der Waals surface area contributed by atoms with Crippen LogP contribution in [0.25, 0.3) is 0 Å². The van der Waals surface area contributed by atoms with Crippen molar-refractivity contribution in [1.82, 2.24) is 4.98 Å². The highest BCUT2D eigenvalue weighted by Crippen LogP contribution is 2.34. The Labute approximate surface area is 135 Å². The number of rotatable bonds is 3. The molecule has 2 aromatic rings. The number of ether oxygens (including phenoxy) is 1. The van der Waals surface area contributed by atoms with Crippen molar-refractivity contribution in [2.45, 2.75) is 19.5 Å². The van der Waals surface area contributed by atoms with Crippen LogP contribution >= 0.6 is 11.3 Å². The number of aromatic nitrogens is 1. The van der Waals surface area contributed by atoms with E-state index in [1.807, 2.05) is 0 Å². The van der Waals surface area contributed by atoms with Crippen molar-refractivity contribution >= 4 is 22.9 Å². The van der Waals surface area contributed by atoms with E-state index in [2.05, 4.69) is 15.0 Å². The second-order valence-electron chi connectivity index (χ2n) is 4.43. The maximum atomic E-state index is 12.8. The zero-order chi connectivity index (χ0) is 18.1. The van der Waals surface area contributed by atoms with Crippen molar-refractivity contribution in [3.63, 3.8) is 0 Å². The fourth-order valence-corrected chi connectivity index (χ4v) is 2.54. The van der Waals surface area contributed by atoms with Gasteiger partial charge in [0.1, 0.15) is 10.6 Å². The number of aryl methyl sites for hydroxylation is 1. The number of carbonyl (C=O) groups excluding carboxylic acids is 1. The van der Waals surface area contributed by atoms with Crippen LogP contribution in [0, 0.1) is 6.92 Å². The lowest BCUT2D eigenvalue weighted by molar-refractivity contribution is -0.274. The lowest BCUT2D eigenvalue weighted by atomic mass is 10.3. The Balaban J connectivity index is 2.16. The molecule has 0 radical (unpaired) electrons. The molecule has 0 fully saturated rings. The molecule has 0 bridgehead atoms. The summed E-state index contributed by atoms with van der Waals surface area (Å²) in [6.07, 6.45) is -9.66. The predicted molar refractivity (Wildman–Crippen MR) is 72.9 cm³/mol. The maximum Gasteiger partial charge on any atom is 0.573 e. The second kappa shape index (κ2) is 6.30. The van der Waals surface area contributed by atoms with Crippen molar-refractivity contribution in [3.8, 4) is 5.75 Å². The molecule has 24 heavy (non-hydrogen) atoms. The third-order valence-electron chi connectivity index (χ3n) is 2.55. The minimum absolute atomic E-state index is 0.00806. The van der Waals surface area contributed by atoms with Gasteiger partial charge in [-0.25, -0.2) is 4.98 Å². The first-order valence-corrected chi connectivity index (χ1v) is 6.99. The van der Waals surface area contributed by atoms with Gasteiger partial charge < -0.3 is 10.1 Å². The number of benzene rings is 1. The summed E-state index contributed by atoms with van der Waals surface area (Å²) in [5.74, 6) is -1.58. The van der Waals surface area contributed by atoms with Crippen LogP contribution in [0.5, 0.6) is 5.75 Å². The second-order valence-corrected chi connectivity index (χ2v) is 5.64. The molecule has 0 spiro atoms. The first kappa shape index (κ1) is 18.0. The van der Waals surface area contributed by atoms with E-state index in [1.54, 1.807) is 0 Å². The number of halogens is 6. The van der Waals surface area contributed by atoms with Crippen molar-refractivity contribution in [1.29, 1.82) is 0 Å². The van der Waals surface area contributed by atoms with E-state index in [0.717, 1.165) is 24.3 Å². The van der Waals surface area contributed by atoms with Gasteiger partial charge in [-0.2, -0.15) is 13.2 Å². The molecule has 130 valence electrons. The Morgan fingerprint density at radius 3 is 2.21 bits per heavy atom. The van der Waals surface area contributed by atoms with Crippen LogP contribution in [0.2, 0.25) is 0 Å². The van der Waals surface area contributed by atoms with Crippen LogP contribution < -0.4 is 10.1 Å². The smallest absolute Gasteiger partial charge is 0.406 e. The van der Waals surface area contributed by atoms with E-state index >= 15 is 0 Å². The van der Waals surface area contributed by atoms with Crippen LogP contribution in [0.15, 0.2) is 24.3 Å². The number of alkyl halides is 6. The summed E-state index contributed by atoms with van der Waals surface area (Å²) in [7, 11) is 0. The lowest BCUT2D eigenvalue weighted by Crippen LogP contribution is -2.18. The molecule has 1 amide bonds. The van der Waals surface area contributed by atoms with Crippen LogP contribution in [0.3, 0.4) is 0 Å². The fraction of sp³-hybridized carbons (Fsp3) is 0.231. The van der Waals surface area contributed by atoms with Gasteiger partial charge in [0.2, 0.25) is 0 Å². The summed E-state index contributed by atoms with van der Waals surface area (Å²) in [6, 6.07) is 3.98. The van der Waals surface area contributed by atoms with Crippen molar-refractivity contribution in [3.05, 3.63) is 39.8 Å². The molecule has 11 heteroatoms. The normalized spacial score (nSPS) is 12.1.